The molecule has 2 N–H and O–H groups in total. The van der Waals surface area contributed by atoms with Gasteiger partial charge in [0.25, 0.3) is 0 Å². The van der Waals surface area contributed by atoms with Crippen molar-refractivity contribution >= 4 is 11.6 Å². The lowest BCUT2D eigenvalue weighted by atomic mass is 9.94. The van der Waals surface area contributed by atoms with E-state index >= 15 is 0 Å². The minimum Gasteiger partial charge on any atom is -0.494 e. The van der Waals surface area contributed by atoms with Gasteiger partial charge in [-0.25, -0.2) is 0 Å². The van der Waals surface area contributed by atoms with Gasteiger partial charge < -0.3 is 15.4 Å². The van der Waals surface area contributed by atoms with Crippen molar-refractivity contribution in [2.24, 2.45) is 5.73 Å². The van der Waals surface area contributed by atoms with Gasteiger partial charge in [0.15, 0.2) is 0 Å². The Morgan fingerprint density at radius 3 is 2.95 bits per heavy atom. The molecule has 0 aliphatic carbocycles. The first kappa shape index (κ1) is 13.9. The maximum atomic E-state index is 11.8. The summed E-state index contributed by atoms with van der Waals surface area (Å²) < 4.78 is 5.56. The van der Waals surface area contributed by atoms with Crippen molar-refractivity contribution in [3.8, 4) is 5.75 Å². The minimum absolute atomic E-state index is 0.0862. The number of carbonyl (C=O) groups is 1. The average Bonchev–Trinajstić information content (AvgIpc) is 2.57. The molecule has 1 atom stereocenters. The molecule has 4 heteroatoms. The fraction of sp³-hybridized carbons (Fsp3) is 0.533. The van der Waals surface area contributed by atoms with E-state index in [1.54, 1.807) is 6.92 Å². The summed E-state index contributed by atoms with van der Waals surface area (Å²) in [4.78, 5) is 13.6. The number of rotatable bonds is 3. The molecule has 0 saturated heterocycles. The second kappa shape index (κ2) is 6.06. The summed E-state index contributed by atoms with van der Waals surface area (Å²) >= 11 is 0. The molecule has 0 aromatic heterocycles. The van der Waals surface area contributed by atoms with Crippen LogP contribution in [0.3, 0.4) is 0 Å². The summed E-state index contributed by atoms with van der Waals surface area (Å²) in [5.74, 6) is 1.24. The van der Waals surface area contributed by atoms with Crippen LogP contribution >= 0.6 is 0 Å². The van der Waals surface area contributed by atoms with Crippen LogP contribution in [0.1, 0.15) is 38.2 Å². The molecule has 0 spiro atoms. The van der Waals surface area contributed by atoms with Gasteiger partial charge in [0.2, 0.25) is 5.91 Å². The highest BCUT2D eigenvalue weighted by Crippen LogP contribution is 2.36. The molecule has 0 bridgehead atoms. The predicted molar refractivity (Wildman–Crippen MR) is 76.7 cm³/mol. The van der Waals surface area contributed by atoms with Gasteiger partial charge in [-0.3, -0.25) is 4.79 Å². The molecule has 0 saturated carbocycles. The fourth-order valence-electron chi connectivity index (χ4n) is 2.71. The number of ether oxygens (including phenoxy) is 1. The monoisotopic (exact) mass is 262 g/mol. The van der Waals surface area contributed by atoms with Crippen molar-refractivity contribution in [2.75, 3.05) is 24.6 Å². The number of amides is 1. The zero-order chi connectivity index (χ0) is 13.8. The van der Waals surface area contributed by atoms with Crippen molar-refractivity contribution in [3.05, 3.63) is 23.8 Å². The van der Waals surface area contributed by atoms with Crippen LogP contribution in [0.5, 0.6) is 5.75 Å². The van der Waals surface area contributed by atoms with Crippen LogP contribution in [0.25, 0.3) is 0 Å². The molecule has 1 unspecified atom stereocenters. The molecule has 1 aromatic carbocycles. The van der Waals surface area contributed by atoms with Gasteiger partial charge in [0.1, 0.15) is 5.75 Å². The predicted octanol–water partition coefficient (Wildman–Crippen LogP) is 2.27. The molecule has 1 heterocycles. The number of hydrogen-bond donors (Lipinski definition) is 1. The first-order chi connectivity index (χ1) is 9.17. The van der Waals surface area contributed by atoms with Crippen LogP contribution in [-0.2, 0) is 4.79 Å². The van der Waals surface area contributed by atoms with E-state index in [-0.39, 0.29) is 5.91 Å². The van der Waals surface area contributed by atoms with E-state index in [9.17, 15) is 4.79 Å². The molecule has 0 radical (unpaired) electrons. The molecule has 1 aliphatic heterocycles. The number of carbonyl (C=O) groups excluding carboxylic acids is 1. The van der Waals surface area contributed by atoms with Crippen LogP contribution in [0, 0.1) is 0 Å². The van der Waals surface area contributed by atoms with Crippen LogP contribution in [0.4, 0.5) is 5.69 Å². The molecule has 0 fully saturated rings. The summed E-state index contributed by atoms with van der Waals surface area (Å²) in [7, 11) is 0. The highest BCUT2D eigenvalue weighted by molar-refractivity contribution is 5.92. The van der Waals surface area contributed by atoms with E-state index in [1.807, 2.05) is 30.0 Å². The van der Waals surface area contributed by atoms with Crippen LogP contribution in [0.15, 0.2) is 18.2 Å². The first-order valence-electron chi connectivity index (χ1n) is 6.92. The zero-order valence-corrected chi connectivity index (χ0v) is 11.7. The Morgan fingerprint density at radius 1 is 1.53 bits per heavy atom. The van der Waals surface area contributed by atoms with Gasteiger partial charge in [0, 0.05) is 19.2 Å². The minimum atomic E-state index is 0.0862. The van der Waals surface area contributed by atoms with Gasteiger partial charge in [-0.05, 0) is 56.0 Å². The molecular weight excluding hydrogens is 240 g/mol. The third-order valence-corrected chi connectivity index (χ3v) is 3.64. The molecule has 104 valence electrons. The summed E-state index contributed by atoms with van der Waals surface area (Å²) in [6, 6.07) is 5.95. The number of benzene rings is 1. The highest BCUT2D eigenvalue weighted by atomic mass is 16.5. The quantitative estimate of drug-likeness (QED) is 0.909. The van der Waals surface area contributed by atoms with E-state index in [1.165, 1.54) is 0 Å². The van der Waals surface area contributed by atoms with Crippen molar-refractivity contribution in [1.29, 1.82) is 0 Å². The normalized spacial score (nSPS) is 18.7. The molecule has 4 nitrogen and oxygen atoms in total. The fourth-order valence-corrected chi connectivity index (χ4v) is 2.71. The number of anilines is 1. The third kappa shape index (κ3) is 2.89. The van der Waals surface area contributed by atoms with Crippen LogP contribution in [0.2, 0.25) is 0 Å². The standard InChI is InChI=1S/C15H22N2O2/c1-3-19-13-6-7-15-14(9-13)12(10-16)5-4-8-17(15)11(2)18/h6-7,9,12H,3-5,8,10,16H2,1-2H3. The van der Waals surface area contributed by atoms with Crippen molar-refractivity contribution in [3.63, 3.8) is 0 Å². The number of nitrogens with two attached hydrogens (primary N) is 1. The van der Waals surface area contributed by atoms with Gasteiger partial charge in [-0.1, -0.05) is 0 Å². The Morgan fingerprint density at radius 2 is 2.32 bits per heavy atom. The van der Waals surface area contributed by atoms with Crippen molar-refractivity contribution < 1.29 is 9.53 Å². The zero-order valence-electron chi connectivity index (χ0n) is 11.7. The topological polar surface area (TPSA) is 55.6 Å². The van der Waals surface area contributed by atoms with Crippen LogP contribution < -0.4 is 15.4 Å². The Hall–Kier alpha value is -1.55. The maximum absolute atomic E-state index is 11.8. The lowest BCUT2D eigenvalue weighted by molar-refractivity contribution is -0.116. The van der Waals surface area contributed by atoms with Gasteiger partial charge in [-0.2, -0.15) is 0 Å². The second-order valence-electron chi connectivity index (χ2n) is 4.90. The van der Waals surface area contributed by atoms with Crippen molar-refractivity contribution in [1.82, 2.24) is 0 Å². The smallest absolute Gasteiger partial charge is 0.223 e. The SMILES string of the molecule is CCOc1ccc2c(c1)C(CN)CCCN2C(C)=O. The molecule has 2 rings (SSSR count). The summed E-state index contributed by atoms with van der Waals surface area (Å²) in [5, 5.41) is 0. The van der Waals surface area contributed by atoms with Gasteiger partial charge >= 0.3 is 0 Å². The maximum Gasteiger partial charge on any atom is 0.223 e. The highest BCUT2D eigenvalue weighted by Gasteiger charge is 2.24. The molecule has 1 aliphatic rings. The van der Waals surface area contributed by atoms with Gasteiger partial charge in [-0.15, -0.1) is 0 Å². The summed E-state index contributed by atoms with van der Waals surface area (Å²) in [6.07, 6.45) is 2.00. The Bertz CT molecular complexity index is 459. The number of hydrogen-bond acceptors (Lipinski definition) is 3. The molecule has 19 heavy (non-hydrogen) atoms. The third-order valence-electron chi connectivity index (χ3n) is 3.64. The van der Waals surface area contributed by atoms with E-state index in [0.29, 0.717) is 19.1 Å². The molecule has 1 amide bonds. The molecular formula is C15H22N2O2. The van der Waals surface area contributed by atoms with Crippen molar-refractivity contribution in [2.45, 2.75) is 32.6 Å². The molecule has 1 aromatic rings. The van der Waals surface area contributed by atoms with Gasteiger partial charge in [0.05, 0.1) is 6.61 Å². The number of nitrogens with zero attached hydrogens (tertiary/aromatic N) is 1. The summed E-state index contributed by atoms with van der Waals surface area (Å²) in [5.41, 5.74) is 8.02. The summed E-state index contributed by atoms with van der Waals surface area (Å²) in [6.45, 7) is 5.60. The lowest BCUT2D eigenvalue weighted by Crippen LogP contribution is -2.29. The first-order valence-corrected chi connectivity index (χ1v) is 6.92. The van der Waals surface area contributed by atoms with E-state index in [4.69, 9.17) is 10.5 Å². The van der Waals surface area contributed by atoms with E-state index < -0.39 is 0 Å². The largest absolute Gasteiger partial charge is 0.494 e. The number of fused-ring (bicyclic) bond motifs is 1. The average molecular weight is 262 g/mol. The van der Waals surface area contributed by atoms with Crippen LogP contribution in [-0.4, -0.2) is 25.6 Å². The Balaban J connectivity index is 2.45. The lowest BCUT2D eigenvalue weighted by Gasteiger charge is -2.23. The van der Waals surface area contributed by atoms with E-state index in [2.05, 4.69) is 0 Å². The Kier molecular flexibility index (Phi) is 4.43. The van der Waals surface area contributed by atoms with E-state index in [0.717, 1.165) is 36.4 Å². The second-order valence-corrected chi connectivity index (χ2v) is 4.90. The Labute approximate surface area is 114 Å².